The summed E-state index contributed by atoms with van der Waals surface area (Å²) in [5.74, 6) is 1.33. The van der Waals surface area contributed by atoms with Gasteiger partial charge in [-0.15, -0.1) is 0 Å². The predicted molar refractivity (Wildman–Crippen MR) is 142 cm³/mol. The molecule has 0 radical (unpaired) electrons. The average molecular weight is 482 g/mol. The number of nitrogens with zero attached hydrogens (tertiary/aromatic N) is 5. The first-order valence-corrected chi connectivity index (χ1v) is 11.8. The molecule has 1 aliphatic heterocycles. The Kier molecular flexibility index (Phi) is 7.00. The van der Waals surface area contributed by atoms with Crippen molar-refractivity contribution < 1.29 is 9.53 Å². The number of nitrogens with one attached hydrogen (secondary N) is 2. The van der Waals surface area contributed by atoms with E-state index in [0.29, 0.717) is 49.8 Å². The highest BCUT2D eigenvalue weighted by atomic mass is 16.5. The topological polar surface area (TPSA) is 95.5 Å². The summed E-state index contributed by atoms with van der Waals surface area (Å²) < 4.78 is 5.53. The number of carbonyl (C=O) groups is 1. The van der Waals surface area contributed by atoms with E-state index in [9.17, 15) is 4.79 Å². The normalized spacial score (nSPS) is 13.2. The van der Waals surface area contributed by atoms with Crippen LogP contribution in [0.4, 0.5) is 40.6 Å². The van der Waals surface area contributed by atoms with Gasteiger partial charge in [-0.3, -0.25) is 9.69 Å². The van der Waals surface area contributed by atoms with Crippen molar-refractivity contribution in [3.8, 4) is 0 Å². The van der Waals surface area contributed by atoms with Gasteiger partial charge in [-0.2, -0.15) is 15.0 Å². The van der Waals surface area contributed by atoms with Crippen LogP contribution in [0.5, 0.6) is 0 Å². The number of hydrogen-bond donors (Lipinski definition) is 2. The van der Waals surface area contributed by atoms with E-state index in [1.165, 1.54) is 6.92 Å². The van der Waals surface area contributed by atoms with Gasteiger partial charge in [0.05, 0.1) is 13.2 Å². The van der Waals surface area contributed by atoms with Crippen molar-refractivity contribution in [2.75, 3.05) is 46.7 Å². The monoisotopic (exact) mass is 481 g/mol. The summed E-state index contributed by atoms with van der Waals surface area (Å²) >= 11 is 0. The first-order chi connectivity index (χ1) is 17.7. The Morgan fingerprint density at radius 3 is 2.11 bits per heavy atom. The van der Waals surface area contributed by atoms with Gasteiger partial charge in [0.1, 0.15) is 0 Å². The van der Waals surface area contributed by atoms with Gasteiger partial charge in [0.2, 0.25) is 23.8 Å². The number of morpholine rings is 1. The van der Waals surface area contributed by atoms with Crippen molar-refractivity contribution >= 4 is 46.5 Å². The Morgan fingerprint density at radius 2 is 1.47 bits per heavy atom. The van der Waals surface area contributed by atoms with Gasteiger partial charge < -0.3 is 20.3 Å². The van der Waals surface area contributed by atoms with Crippen molar-refractivity contribution in [1.29, 1.82) is 0 Å². The Labute approximate surface area is 209 Å². The molecular weight excluding hydrogens is 454 g/mol. The smallest absolute Gasteiger partial charge is 0.241 e. The molecule has 9 heteroatoms. The second kappa shape index (κ2) is 10.8. The summed E-state index contributed by atoms with van der Waals surface area (Å²) in [6, 6.07) is 27.4. The average Bonchev–Trinajstić information content (AvgIpc) is 2.90. The molecule has 9 nitrogen and oxygen atoms in total. The molecule has 36 heavy (non-hydrogen) atoms. The van der Waals surface area contributed by atoms with E-state index in [1.54, 1.807) is 0 Å². The molecule has 1 saturated heterocycles. The Morgan fingerprint density at radius 1 is 0.833 bits per heavy atom. The minimum atomic E-state index is -0.134. The quantitative estimate of drug-likeness (QED) is 0.386. The van der Waals surface area contributed by atoms with Gasteiger partial charge in [-0.05, 0) is 42.5 Å². The third-order valence-corrected chi connectivity index (χ3v) is 5.57. The highest BCUT2D eigenvalue weighted by molar-refractivity contribution is 5.89. The van der Waals surface area contributed by atoms with Gasteiger partial charge in [0.25, 0.3) is 0 Å². The molecule has 182 valence electrons. The Bertz CT molecular complexity index is 1270. The van der Waals surface area contributed by atoms with Crippen LogP contribution < -0.4 is 20.4 Å². The summed E-state index contributed by atoms with van der Waals surface area (Å²) in [6.45, 7) is 4.09. The molecule has 1 amide bonds. The molecule has 0 bridgehead atoms. The van der Waals surface area contributed by atoms with Crippen LogP contribution in [-0.4, -0.2) is 47.2 Å². The first-order valence-electron chi connectivity index (χ1n) is 11.8. The zero-order valence-electron chi connectivity index (χ0n) is 20.0. The number of hydrogen-bond acceptors (Lipinski definition) is 8. The molecule has 3 aromatic carbocycles. The van der Waals surface area contributed by atoms with E-state index in [-0.39, 0.29) is 5.91 Å². The number of ether oxygens (including phenoxy) is 1. The fraction of sp³-hybridized carbons (Fsp3) is 0.185. The van der Waals surface area contributed by atoms with E-state index in [0.717, 1.165) is 17.1 Å². The second-order valence-electron chi connectivity index (χ2n) is 8.25. The van der Waals surface area contributed by atoms with Crippen LogP contribution in [0.1, 0.15) is 6.92 Å². The molecule has 5 rings (SSSR count). The molecule has 0 atom stereocenters. The van der Waals surface area contributed by atoms with Crippen LogP contribution in [-0.2, 0) is 9.53 Å². The first kappa shape index (κ1) is 23.3. The van der Waals surface area contributed by atoms with E-state index >= 15 is 0 Å². The Balaban J connectivity index is 1.58. The third-order valence-electron chi connectivity index (χ3n) is 5.57. The summed E-state index contributed by atoms with van der Waals surface area (Å²) in [5.41, 5.74) is 3.30. The SMILES string of the molecule is CC(=O)Nc1cccc(Nc2nc(N3CCOCC3)nc(N(c3ccccc3)c3ccccc3)n2)c1. The van der Waals surface area contributed by atoms with Crippen molar-refractivity contribution in [1.82, 2.24) is 15.0 Å². The van der Waals surface area contributed by atoms with Crippen LogP contribution in [0, 0.1) is 0 Å². The summed E-state index contributed by atoms with van der Waals surface area (Å²) in [4.78, 5) is 30.0. The number of benzene rings is 3. The van der Waals surface area contributed by atoms with Crippen molar-refractivity contribution in [2.45, 2.75) is 6.92 Å². The van der Waals surface area contributed by atoms with Gasteiger partial charge in [0.15, 0.2) is 0 Å². The van der Waals surface area contributed by atoms with E-state index in [4.69, 9.17) is 19.7 Å². The number of aromatic nitrogens is 3. The number of para-hydroxylation sites is 2. The van der Waals surface area contributed by atoms with Gasteiger partial charge in [0, 0.05) is 42.8 Å². The lowest BCUT2D eigenvalue weighted by Gasteiger charge is -2.29. The molecule has 0 spiro atoms. The van der Waals surface area contributed by atoms with Crippen molar-refractivity contribution in [3.63, 3.8) is 0 Å². The van der Waals surface area contributed by atoms with Crippen molar-refractivity contribution in [2.24, 2.45) is 0 Å². The third kappa shape index (κ3) is 5.59. The standard InChI is InChI=1S/C27H27N7O2/c1-20(35)28-21-9-8-10-22(19-21)29-25-30-26(33-15-17-36-18-16-33)32-27(31-25)34(23-11-4-2-5-12-23)24-13-6-3-7-14-24/h2-14,19H,15-18H2,1H3,(H,28,35)(H,29,30,31,32). The summed E-state index contributed by atoms with van der Waals surface area (Å²) in [6.07, 6.45) is 0. The van der Waals surface area contributed by atoms with E-state index in [1.807, 2.05) is 89.8 Å². The maximum absolute atomic E-state index is 11.5. The minimum absolute atomic E-state index is 0.134. The van der Waals surface area contributed by atoms with Gasteiger partial charge in [-0.1, -0.05) is 42.5 Å². The number of amides is 1. The number of anilines is 7. The highest BCUT2D eigenvalue weighted by Gasteiger charge is 2.21. The molecule has 1 fully saturated rings. The maximum Gasteiger partial charge on any atom is 0.241 e. The zero-order valence-corrected chi connectivity index (χ0v) is 20.0. The zero-order chi connectivity index (χ0) is 24.7. The molecule has 0 aliphatic carbocycles. The molecule has 2 N–H and O–H groups in total. The molecular formula is C27H27N7O2. The fourth-order valence-corrected chi connectivity index (χ4v) is 3.96. The summed E-state index contributed by atoms with van der Waals surface area (Å²) in [7, 11) is 0. The molecule has 1 aromatic heterocycles. The number of rotatable bonds is 7. The fourth-order valence-electron chi connectivity index (χ4n) is 3.96. The molecule has 1 aliphatic rings. The lowest BCUT2D eigenvalue weighted by molar-refractivity contribution is -0.114. The largest absolute Gasteiger partial charge is 0.378 e. The second-order valence-corrected chi connectivity index (χ2v) is 8.25. The maximum atomic E-state index is 11.5. The molecule has 4 aromatic rings. The lowest BCUT2D eigenvalue weighted by atomic mass is 10.2. The highest BCUT2D eigenvalue weighted by Crippen LogP contribution is 2.33. The van der Waals surface area contributed by atoms with Crippen LogP contribution in [0.3, 0.4) is 0 Å². The van der Waals surface area contributed by atoms with Gasteiger partial charge >= 0.3 is 0 Å². The lowest BCUT2D eigenvalue weighted by Crippen LogP contribution is -2.37. The molecule has 2 heterocycles. The van der Waals surface area contributed by atoms with E-state index in [2.05, 4.69) is 15.5 Å². The minimum Gasteiger partial charge on any atom is -0.378 e. The number of carbonyl (C=O) groups excluding carboxylic acids is 1. The van der Waals surface area contributed by atoms with Crippen LogP contribution in [0.25, 0.3) is 0 Å². The molecule has 0 saturated carbocycles. The van der Waals surface area contributed by atoms with Crippen molar-refractivity contribution in [3.05, 3.63) is 84.9 Å². The van der Waals surface area contributed by atoms with Crippen LogP contribution in [0.15, 0.2) is 84.9 Å². The van der Waals surface area contributed by atoms with Gasteiger partial charge in [-0.25, -0.2) is 0 Å². The van der Waals surface area contributed by atoms with E-state index < -0.39 is 0 Å². The Hall–Kier alpha value is -4.50. The van der Waals surface area contributed by atoms with Crippen LogP contribution >= 0.6 is 0 Å². The van der Waals surface area contributed by atoms with Crippen LogP contribution in [0.2, 0.25) is 0 Å². The molecule has 0 unspecified atom stereocenters. The predicted octanol–water partition coefficient (Wildman–Crippen LogP) is 4.88. The summed E-state index contributed by atoms with van der Waals surface area (Å²) in [5, 5.41) is 6.10.